The van der Waals surface area contributed by atoms with Crippen molar-refractivity contribution in [3.05, 3.63) is 11.8 Å². The van der Waals surface area contributed by atoms with Gasteiger partial charge in [-0.05, 0) is 38.4 Å². The molecule has 0 radical (unpaired) electrons. The van der Waals surface area contributed by atoms with Crippen molar-refractivity contribution in [2.24, 2.45) is 13.0 Å². The molecular weight excluding hydrogens is 318 g/mol. The highest BCUT2D eigenvalue weighted by Crippen LogP contribution is 2.33. The fourth-order valence-electron chi connectivity index (χ4n) is 2.96. The summed E-state index contributed by atoms with van der Waals surface area (Å²) in [5.41, 5.74) is 0.972. The second-order valence-corrected chi connectivity index (χ2v) is 10.2. The SMILES string of the molecule is Cn1nc(C(C)(C)C)cc1NC(=O)C(C)(C)SCC1CCCCC1. The van der Waals surface area contributed by atoms with E-state index in [1.54, 1.807) is 16.4 Å². The van der Waals surface area contributed by atoms with E-state index in [0.717, 1.165) is 23.2 Å². The molecule has 1 aromatic heterocycles. The van der Waals surface area contributed by atoms with Gasteiger partial charge in [-0.1, -0.05) is 40.0 Å². The smallest absolute Gasteiger partial charge is 0.241 e. The summed E-state index contributed by atoms with van der Waals surface area (Å²) in [6, 6.07) is 1.99. The maximum atomic E-state index is 12.7. The molecule has 0 unspecified atom stereocenters. The lowest BCUT2D eigenvalue weighted by molar-refractivity contribution is -0.117. The van der Waals surface area contributed by atoms with Crippen LogP contribution < -0.4 is 5.32 Å². The molecule has 4 nitrogen and oxygen atoms in total. The normalized spacial score (nSPS) is 17.1. The van der Waals surface area contributed by atoms with Gasteiger partial charge in [0.05, 0.1) is 10.4 Å². The molecule has 0 atom stereocenters. The average Bonchev–Trinajstić information content (AvgIpc) is 2.88. The van der Waals surface area contributed by atoms with Crippen LogP contribution in [0.5, 0.6) is 0 Å². The van der Waals surface area contributed by atoms with Crippen LogP contribution in [0.3, 0.4) is 0 Å². The standard InChI is InChI=1S/C19H33N3OS/c1-18(2,3)15-12-16(22(6)21-15)20-17(23)19(4,5)24-13-14-10-8-7-9-11-14/h12,14H,7-11,13H2,1-6H3,(H,20,23). The third kappa shape index (κ3) is 5.01. The van der Waals surface area contributed by atoms with Gasteiger partial charge >= 0.3 is 0 Å². The van der Waals surface area contributed by atoms with E-state index in [0.29, 0.717) is 0 Å². The van der Waals surface area contributed by atoms with Crippen LogP contribution in [-0.4, -0.2) is 26.2 Å². The van der Waals surface area contributed by atoms with Crippen molar-refractivity contribution in [1.29, 1.82) is 0 Å². The molecule has 0 saturated heterocycles. The van der Waals surface area contributed by atoms with Crippen molar-refractivity contribution in [2.45, 2.75) is 76.9 Å². The van der Waals surface area contributed by atoms with E-state index in [2.05, 4.69) is 31.2 Å². The summed E-state index contributed by atoms with van der Waals surface area (Å²) in [6.45, 7) is 10.4. The first kappa shape index (κ1) is 19.4. The molecule has 1 aliphatic rings. The Hall–Kier alpha value is -0.970. The first-order chi connectivity index (χ1) is 11.1. The fraction of sp³-hybridized carbons (Fsp3) is 0.789. The van der Waals surface area contributed by atoms with E-state index in [1.165, 1.54) is 32.1 Å². The highest BCUT2D eigenvalue weighted by Gasteiger charge is 2.31. The molecule has 1 fully saturated rings. The molecule has 136 valence electrons. The van der Waals surface area contributed by atoms with Gasteiger partial charge < -0.3 is 5.32 Å². The quantitative estimate of drug-likeness (QED) is 0.833. The van der Waals surface area contributed by atoms with Crippen LogP contribution in [-0.2, 0) is 17.3 Å². The first-order valence-electron chi connectivity index (χ1n) is 9.09. The molecule has 0 spiro atoms. The van der Waals surface area contributed by atoms with E-state index in [1.807, 2.05) is 27.0 Å². The number of anilines is 1. The Morgan fingerprint density at radius 2 is 1.88 bits per heavy atom. The van der Waals surface area contributed by atoms with Crippen molar-refractivity contribution >= 4 is 23.5 Å². The van der Waals surface area contributed by atoms with Gasteiger partial charge in [0.15, 0.2) is 0 Å². The lowest BCUT2D eigenvalue weighted by Gasteiger charge is -2.27. The average molecular weight is 352 g/mol. The lowest BCUT2D eigenvalue weighted by Crippen LogP contribution is -2.35. The number of thioether (sulfide) groups is 1. The summed E-state index contributed by atoms with van der Waals surface area (Å²) in [5.74, 6) is 2.70. The molecule has 0 aromatic carbocycles. The third-order valence-corrected chi connectivity index (χ3v) is 6.39. The van der Waals surface area contributed by atoms with Crippen molar-refractivity contribution in [1.82, 2.24) is 9.78 Å². The van der Waals surface area contributed by atoms with Gasteiger partial charge in [0.25, 0.3) is 0 Å². The summed E-state index contributed by atoms with van der Waals surface area (Å²) < 4.78 is 1.34. The Labute approximate surface area is 151 Å². The summed E-state index contributed by atoms with van der Waals surface area (Å²) in [7, 11) is 1.88. The zero-order valence-corrected chi connectivity index (χ0v) is 16.9. The summed E-state index contributed by atoms with van der Waals surface area (Å²) in [4.78, 5) is 12.7. The molecular formula is C19H33N3OS. The van der Waals surface area contributed by atoms with Crippen molar-refractivity contribution < 1.29 is 4.79 Å². The Morgan fingerprint density at radius 1 is 1.25 bits per heavy atom. The highest BCUT2D eigenvalue weighted by molar-refractivity contribution is 8.01. The largest absolute Gasteiger partial charge is 0.310 e. The van der Waals surface area contributed by atoms with Gasteiger partial charge in [0, 0.05) is 18.5 Å². The predicted octanol–water partition coefficient (Wildman–Crippen LogP) is 4.75. The molecule has 1 aromatic rings. The number of amides is 1. The molecule has 1 saturated carbocycles. The van der Waals surface area contributed by atoms with Gasteiger partial charge in [-0.3, -0.25) is 9.48 Å². The second-order valence-electron chi connectivity index (χ2n) is 8.57. The Balaban J connectivity index is 1.96. The second kappa shape index (κ2) is 7.51. The fourth-order valence-corrected chi connectivity index (χ4v) is 4.13. The maximum Gasteiger partial charge on any atom is 0.241 e. The first-order valence-corrected chi connectivity index (χ1v) is 10.1. The van der Waals surface area contributed by atoms with Crippen molar-refractivity contribution in [2.75, 3.05) is 11.1 Å². The van der Waals surface area contributed by atoms with Crippen LogP contribution >= 0.6 is 11.8 Å². The molecule has 24 heavy (non-hydrogen) atoms. The predicted molar refractivity (Wildman–Crippen MR) is 104 cm³/mol. The summed E-state index contributed by atoms with van der Waals surface area (Å²) in [6.07, 6.45) is 6.72. The number of aryl methyl sites for hydroxylation is 1. The van der Waals surface area contributed by atoms with Crippen LogP contribution in [0.15, 0.2) is 6.07 Å². The minimum Gasteiger partial charge on any atom is -0.310 e. The lowest BCUT2D eigenvalue weighted by atomic mass is 9.91. The molecule has 2 rings (SSSR count). The molecule has 0 aliphatic heterocycles. The Bertz CT molecular complexity index is 566. The highest BCUT2D eigenvalue weighted by atomic mass is 32.2. The van der Waals surface area contributed by atoms with Gasteiger partial charge in [-0.25, -0.2) is 0 Å². The van der Waals surface area contributed by atoms with Crippen LogP contribution in [0.25, 0.3) is 0 Å². The monoisotopic (exact) mass is 351 g/mol. The van der Waals surface area contributed by atoms with Crippen molar-refractivity contribution in [3.63, 3.8) is 0 Å². The Morgan fingerprint density at radius 3 is 2.42 bits per heavy atom. The number of aromatic nitrogens is 2. The van der Waals surface area contributed by atoms with Gasteiger partial charge in [-0.15, -0.1) is 11.8 Å². The van der Waals surface area contributed by atoms with E-state index < -0.39 is 4.75 Å². The van der Waals surface area contributed by atoms with Gasteiger partial charge in [-0.2, -0.15) is 5.10 Å². The minimum absolute atomic E-state index is 0.0218. The van der Waals surface area contributed by atoms with Gasteiger partial charge in [0.2, 0.25) is 5.91 Å². The van der Waals surface area contributed by atoms with Crippen molar-refractivity contribution in [3.8, 4) is 0 Å². The zero-order valence-electron chi connectivity index (χ0n) is 16.1. The number of hydrogen-bond donors (Lipinski definition) is 1. The molecule has 1 heterocycles. The van der Waals surface area contributed by atoms with Crippen LogP contribution in [0.1, 0.15) is 72.4 Å². The topological polar surface area (TPSA) is 46.9 Å². The maximum absolute atomic E-state index is 12.7. The summed E-state index contributed by atoms with van der Waals surface area (Å²) >= 11 is 1.79. The zero-order chi connectivity index (χ0) is 18.0. The van der Waals surface area contributed by atoms with Crippen LogP contribution in [0.4, 0.5) is 5.82 Å². The molecule has 1 amide bonds. The molecule has 0 bridgehead atoms. The Kier molecular flexibility index (Phi) is 6.05. The third-order valence-electron chi connectivity index (χ3n) is 4.84. The number of nitrogens with zero attached hydrogens (tertiary/aromatic N) is 2. The summed E-state index contributed by atoms with van der Waals surface area (Å²) in [5, 5.41) is 7.60. The number of carbonyl (C=O) groups is 1. The number of hydrogen-bond acceptors (Lipinski definition) is 3. The number of carbonyl (C=O) groups excluding carboxylic acids is 1. The minimum atomic E-state index is -0.427. The van der Waals surface area contributed by atoms with Gasteiger partial charge in [0.1, 0.15) is 5.82 Å². The number of nitrogens with one attached hydrogen (secondary N) is 1. The molecule has 1 N–H and O–H groups in total. The van der Waals surface area contributed by atoms with E-state index in [4.69, 9.17) is 0 Å². The molecule has 5 heteroatoms. The van der Waals surface area contributed by atoms with Crippen LogP contribution in [0, 0.1) is 5.92 Å². The van der Waals surface area contributed by atoms with E-state index in [-0.39, 0.29) is 11.3 Å². The van der Waals surface area contributed by atoms with E-state index >= 15 is 0 Å². The number of rotatable bonds is 5. The van der Waals surface area contributed by atoms with Crippen LogP contribution in [0.2, 0.25) is 0 Å². The molecule has 1 aliphatic carbocycles. The van der Waals surface area contributed by atoms with E-state index in [9.17, 15) is 4.79 Å².